The Kier molecular flexibility index (Phi) is 22.8. The maximum atomic E-state index is 13.9. The highest BCUT2D eigenvalue weighted by atomic mass is 33.1. The molecule has 19 heteroatoms. The Hall–Kier alpha value is -4.43. The molecule has 1 aliphatic heterocycles. The summed E-state index contributed by atoms with van der Waals surface area (Å²) in [5.41, 5.74) is 0.949. The predicted octanol–water partition coefficient (Wildman–Crippen LogP) is 5.53. The summed E-state index contributed by atoms with van der Waals surface area (Å²) in [4.78, 5) is 91.1. The lowest BCUT2D eigenvalue weighted by Crippen LogP contribution is -2.46. The third kappa shape index (κ3) is 18.0. The van der Waals surface area contributed by atoms with Gasteiger partial charge in [0.2, 0.25) is 0 Å². The minimum absolute atomic E-state index is 0.0536. The third-order valence-corrected chi connectivity index (χ3v) is 12.2. The molecule has 5 N–H and O–H groups in total. The number of rotatable bonds is 33. The second kappa shape index (κ2) is 27.4. The molecular formula is C41H59N5O12S2. The third-order valence-electron chi connectivity index (χ3n) is 9.84. The van der Waals surface area contributed by atoms with Crippen LogP contribution in [0.1, 0.15) is 91.8 Å². The van der Waals surface area contributed by atoms with Gasteiger partial charge in [-0.25, -0.2) is 4.79 Å². The Bertz CT molecular complexity index is 1710. The van der Waals surface area contributed by atoms with Gasteiger partial charge in [-0.05, 0) is 31.2 Å². The number of carboxylic acid groups (broad SMARTS) is 4. The minimum Gasteiger partial charge on any atom is -0.480 e. The van der Waals surface area contributed by atoms with E-state index in [-0.39, 0.29) is 39.3 Å². The highest BCUT2D eigenvalue weighted by molar-refractivity contribution is 8.76. The fraction of sp³-hybridized carbons (Fsp3) is 0.585. The summed E-state index contributed by atoms with van der Waals surface area (Å²) < 4.78 is 5.33. The number of nitrogens with one attached hydrogen (secondary N) is 1. The van der Waals surface area contributed by atoms with Gasteiger partial charge >= 0.3 is 30.0 Å². The van der Waals surface area contributed by atoms with Crippen LogP contribution in [0.15, 0.2) is 30.3 Å². The van der Waals surface area contributed by atoms with Gasteiger partial charge in [-0.3, -0.25) is 48.8 Å². The quantitative estimate of drug-likeness (QED) is 0.0337. The van der Waals surface area contributed by atoms with Crippen LogP contribution in [0.4, 0.5) is 10.5 Å². The standard InChI is InChI=1S/C41H59N5O12S2/c1-2-3-4-5-6-7-8-9-10-11-17-43(18-19-44(26-34(47)48)27-35(49)50)20-21-46-39(55)31-14-12-13-30-33(16-15-32(38(30)31)40(46)56)42-41(57)58-23-25-60-59-24-22-45(28-36(51)52)29-37(53)54/h12-16H,2-11,17-29H2,1H3,(H,42,57)(H,47,48)(H,49,50)(H,51,52)(H,53,54). The number of carboxylic acids is 4. The molecule has 1 heterocycles. The van der Waals surface area contributed by atoms with Crippen molar-refractivity contribution in [1.29, 1.82) is 0 Å². The smallest absolute Gasteiger partial charge is 0.411 e. The lowest BCUT2D eigenvalue weighted by molar-refractivity contribution is -0.143. The fourth-order valence-corrected chi connectivity index (χ4v) is 8.79. The molecule has 0 aromatic heterocycles. The number of imide groups is 1. The second-order valence-electron chi connectivity index (χ2n) is 14.6. The van der Waals surface area contributed by atoms with Crippen LogP contribution >= 0.6 is 21.6 Å². The molecule has 0 fully saturated rings. The van der Waals surface area contributed by atoms with Crippen LogP contribution in [0.25, 0.3) is 10.8 Å². The van der Waals surface area contributed by atoms with E-state index in [1.54, 1.807) is 30.3 Å². The van der Waals surface area contributed by atoms with Crippen LogP contribution in [0.3, 0.4) is 0 Å². The van der Waals surface area contributed by atoms with E-state index in [1.165, 1.54) is 74.8 Å². The Balaban J connectivity index is 1.58. The SMILES string of the molecule is CCCCCCCCCCCCN(CCN(CC(=O)O)CC(=O)O)CCN1C(=O)c2cccc3c(NC(=O)OCCSSCCN(CC(=O)O)CC(=O)O)ccc(c23)C1=O. The van der Waals surface area contributed by atoms with Crippen molar-refractivity contribution in [3.63, 3.8) is 0 Å². The van der Waals surface area contributed by atoms with Gasteiger partial charge in [0.15, 0.2) is 0 Å². The molecule has 2 aromatic carbocycles. The van der Waals surface area contributed by atoms with Crippen LogP contribution in [0.2, 0.25) is 0 Å². The van der Waals surface area contributed by atoms with E-state index >= 15 is 0 Å². The summed E-state index contributed by atoms with van der Waals surface area (Å²) in [6.07, 6.45) is 10.8. The Morgan fingerprint density at radius 2 is 1.13 bits per heavy atom. The molecule has 0 spiro atoms. The van der Waals surface area contributed by atoms with Crippen molar-refractivity contribution in [3.8, 4) is 0 Å². The largest absolute Gasteiger partial charge is 0.480 e. The first-order valence-corrected chi connectivity index (χ1v) is 22.9. The van der Waals surface area contributed by atoms with E-state index in [2.05, 4.69) is 12.2 Å². The van der Waals surface area contributed by atoms with Gasteiger partial charge in [0.25, 0.3) is 11.8 Å². The van der Waals surface area contributed by atoms with Crippen molar-refractivity contribution < 1.29 is 58.7 Å². The maximum Gasteiger partial charge on any atom is 0.411 e. The fourth-order valence-electron chi connectivity index (χ4n) is 6.93. The average molecular weight is 878 g/mol. The number of benzene rings is 2. The molecule has 0 aliphatic carbocycles. The number of unbranched alkanes of at least 4 members (excludes halogenated alkanes) is 9. The number of carbonyl (C=O) groups excluding carboxylic acids is 3. The summed E-state index contributed by atoms with van der Waals surface area (Å²) in [7, 11) is 2.78. The van der Waals surface area contributed by atoms with E-state index in [9.17, 15) is 43.8 Å². The first kappa shape index (κ1) is 49.9. The number of hydrogen-bond acceptors (Lipinski definition) is 13. The normalized spacial score (nSPS) is 12.5. The van der Waals surface area contributed by atoms with Crippen LogP contribution in [-0.2, 0) is 23.9 Å². The number of anilines is 1. The molecule has 1 aliphatic rings. The molecule has 0 radical (unpaired) electrons. The maximum absolute atomic E-state index is 13.9. The zero-order valence-corrected chi connectivity index (χ0v) is 35.9. The Labute approximate surface area is 358 Å². The summed E-state index contributed by atoms with van der Waals surface area (Å²) in [6, 6.07) is 8.14. The second-order valence-corrected chi connectivity index (χ2v) is 17.3. The van der Waals surface area contributed by atoms with Gasteiger partial charge in [-0.1, -0.05) is 98.4 Å². The van der Waals surface area contributed by atoms with Crippen LogP contribution in [0.5, 0.6) is 0 Å². The zero-order valence-electron chi connectivity index (χ0n) is 34.3. The van der Waals surface area contributed by atoms with Crippen LogP contribution in [0, 0.1) is 0 Å². The Morgan fingerprint density at radius 3 is 1.72 bits per heavy atom. The van der Waals surface area contributed by atoms with Gasteiger partial charge in [-0.15, -0.1) is 0 Å². The lowest BCUT2D eigenvalue weighted by Gasteiger charge is -2.31. The van der Waals surface area contributed by atoms with Crippen molar-refractivity contribution in [2.45, 2.75) is 71.1 Å². The van der Waals surface area contributed by atoms with Crippen molar-refractivity contribution in [2.24, 2.45) is 0 Å². The molecule has 0 saturated heterocycles. The number of nitrogens with zero attached hydrogens (tertiary/aromatic N) is 4. The van der Waals surface area contributed by atoms with Gasteiger partial charge < -0.3 is 30.1 Å². The predicted molar refractivity (Wildman–Crippen MR) is 231 cm³/mol. The minimum atomic E-state index is -1.13. The highest BCUT2D eigenvalue weighted by Crippen LogP contribution is 2.34. The summed E-state index contributed by atoms with van der Waals surface area (Å²) >= 11 is 0. The van der Waals surface area contributed by atoms with Crippen molar-refractivity contribution in [1.82, 2.24) is 19.6 Å². The van der Waals surface area contributed by atoms with E-state index in [0.29, 0.717) is 58.7 Å². The van der Waals surface area contributed by atoms with E-state index in [4.69, 9.17) is 14.9 Å². The van der Waals surface area contributed by atoms with Crippen LogP contribution < -0.4 is 5.32 Å². The molecule has 0 saturated carbocycles. The van der Waals surface area contributed by atoms with E-state index < -0.39 is 54.9 Å². The molecular weight excluding hydrogens is 819 g/mol. The zero-order chi connectivity index (χ0) is 43.9. The topological polar surface area (TPSA) is 235 Å². The molecule has 3 amide bonds. The molecule has 3 rings (SSSR count). The molecule has 2 aromatic rings. The number of amides is 3. The van der Waals surface area contributed by atoms with Gasteiger partial charge in [0, 0.05) is 66.1 Å². The Morgan fingerprint density at radius 1 is 0.617 bits per heavy atom. The lowest BCUT2D eigenvalue weighted by atomic mass is 9.93. The van der Waals surface area contributed by atoms with Crippen molar-refractivity contribution >= 4 is 79.8 Å². The first-order chi connectivity index (χ1) is 28.8. The molecule has 17 nitrogen and oxygen atoms in total. The molecule has 0 unspecified atom stereocenters. The van der Waals surface area contributed by atoms with E-state index in [0.717, 1.165) is 25.7 Å². The number of carbonyl (C=O) groups is 7. The molecule has 60 heavy (non-hydrogen) atoms. The van der Waals surface area contributed by atoms with Crippen molar-refractivity contribution in [3.05, 3.63) is 41.5 Å². The van der Waals surface area contributed by atoms with Gasteiger partial charge in [0.1, 0.15) is 6.61 Å². The van der Waals surface area contributed by atoms with Gasteiger partial charge in [0.05, 0.1) is 31.9 Å². The van der Waals surface area contributed by atoms with Crippen LogP contribution in [-0.4, -0.2) is 165 Å². The summed E-state index contributed by atoms with van der Waals surface area (Å²) in [5.74, 6) is -4.59. The number of aliphatic carboxylic acids is 4. The van der Waals surface area contributed by atoms with Gasteiger partial charge in [-0.2, -0.15) is 0 Å². The molecule has 332 valence electrons. The monoisotopic (exact) mass is 877 g/mol. The average Bonchev–Trinajstić information content (AvgIpc) is 3.18. The van der Waals surface area contributed by atoms with E-state index in [1.807, 2.05) is 4.90 Å². The number of hydrogen-bond donors (Lipinski definition) is 5. The molecule has 0 bridgehead atoms. The first-order valence-electron chi connectivity index (χ1n) is 20.4. The molecule has 0 atom stereocenters. The number of ether oxygens (including phenoxy) is 1. The summed E-state index contributed by atoms with van der Waals surface area (Å²) in [5, 5.41) is 40.2. The van der Waals surface area contributed by atoms with Crippen molar-refractivity contribution in [2.75, 3.05) is 88.9 Å². The summed E-state index contributed by atoms with van der Waals surface area (Å²) in [6.45, 7) is 2.45. The highest BCUT2D eigenvalue weighted by Gasteiger charge is 2.33.